The minimum Gasteiger partial charge on any atom is -0.496 e. The summed E-state index contributed by atoms with van der Waals surface area (Å²) in [5.41, 5.74) is 1.13. The second-order valence-electron chi connectivity index (χ2n) is 4.62. The van der Waals surface area contributed by atoms with Crippen LogP contribution in [0.25, 0.3) is 0 Å². The van der Waals surface area contributed by atoms with Crippen molar-refractivity contribution >= 4 is 21.6 Å². The summed E-state index contributed by atoms with van der Waals surface area (Å²) in [7, 11) is 1.68. The summed E-state index contributed by atoms with van der Waals surface area (Å²) in [6.45, 7) is 3.03. The molecule has 2 rings (SSSR count). The Balaban J connectivity index is 1.98. The SMILES string of the molecule is CCC1CC(Nc2ccc(OC)c(Br)c2)CCO1. The zero-order valence-corrected chi connectivity index (χ0v) is 12.5. The number of nitrogens with one attached hydrogen (secondary N) is 1. The molecule has 0 bridgehead atoms. The minimum absolute atomic E-state index is 0.401. The average Bonchev–Trinajstić information content (AvgIpc) is 2.39. The average molecular weight is 314 g/mol. The number of hydrogen-bond donors (Lipinski definition) is 1. The molecule has 0 amide bonds. The second-order valence-corrected chi connectivity index (χ2v) is 5.47. The van der Waals surface area contributed by atoms with Gasteiger partial charge in [0.2, 0.25) is 0 Å². The zero-order chi connectivity index (χ0) is 13.0. The molecule has 2 unspecified atom stereocenters. The van der Waals surface area contributed by atoms with E-state index in [0.29, 0.717) is 12.1 Å². The van der Waals surface area contributed by atoms with Gasteiger partial charge >= 0.3 is 0 Å². The summed E-state index contributed by atoms with van der Waals surface area (Å²) in [6, 6.07) is 6.60. The number of benzene rings is 1. The van der Waals surface area contributed by atoms with Crippen LogP contribution in [-0.4, -0.2) is 25.9 Å². The molecule has 1 N–H and O–H groups in total. The number of methoxy groups -OCH3 is 1. The summed E-state index contributed by atoms with van der Waals surface area (Å²) in [5, 5.41) is 3.57. The molecule has 18 heavy (non-hydrogen) atoms. The molecule has 0 aromatic heterocycles. The Hall–Kier alpha value is -0.740. The Morgan fingerprint density at radius 3 is 3.00 bits per heavy atom. The smallest absolute Gasteiger partial charge is 0.133 e. The third kappa shape index (κ3) is 3.39. The molecule has 100 valence electrons. The van der Waals surface area contributed by atoms with Crippen molar-refractivity contribution in [3.05, 3.63) is 22.7 Å². The Kier molecular flexibility index (Phi) is 4.89. The monoisotopic (exact) mass is 313 g/mol. The summed E-state index contributed by atoms with van der Waals surface area (Å²) in [5.74, 6) is 0.860. The van der Waals surface area contributed by atoms with Gasteiger partial charge in [-0.15, -0.1) is 0 Å². The predicted molar refractivity (Wildman–Crippen MR) is 77.4 cm³/mol. The van der Waals surface area contributed by atoms with Gasteiger partial charge in [0, 0.05) is 18.3 Å². The van der Waals surface area contributed by atoms with Crippen LogP contribution in [0.1, 0.15) is 26.2 Å². The molecule has 1 aliphatic rings. The van der Waals surface area contributed by atoms with E-state index in [2.05, 4.69) is 40.3 Å². The van der Waals surface area contributed by atoms with E-state index in [1.807, 2.05) is 6.07 Å². The first-order valence-corrected chi connectivity index (χ1v) is 7.24. The van der Waals surface area contributed by atoms with Crippen molar-refractivity contribution < 1.29 is 9.47 Å². The van der Waals surface area contributed by atoms with Crippen molar-refractivity contribution in [1.82, 2.24) is 0 Å². The maximum atomic E-state index is 5.69. The lowest BCUT2D eigenvalue weighted by atomic mass is 10.0. The first kappa shape index (κ1) is 13.7. The first-order valence-electron chi connectivity index (χ1n) is 6.44. The standard InChI is InChI=1S/C14H20BrNO2/c1-3-12-8-11(6-7-18-12)16-10-4-5-14(17-2)13(15)9-10/h4-5,9,11-12,16H,3,6-8H2,1-2H3. The van der Waals surface area contributed by atoms with E-state index in [-0.39, 0.29) is 0 Å². The molecule has 2 atom stereocenters. The molecule has 1 aromatic rings. The van der Waals surface area contributed by atoms with Gasteiger partial charge in [0.25, 0.3) is 0 Å². The fraction of sp³-hybridized carbons (Fsp3) is 0.571. The number of anilines is 1. The highest BCUT2D eigenvalue weighted by Crippen LogP contribution is 2.29. The van der Waals surface area contributed by atoms with Gasteiger partial charge in [-0.3, -0.25) is 0 Å². The van der Waals surface area contributed by atoms with Crippen LogP contribution in [0.5, 0.6) is 5.75 Å². The van der Waals surface area contributed by atoms with E-state index in [4.69, 9.17) is 9.47 Å². The molecular weight excluding hydrogens is 294 g/mol. The molecule has 1 aromatic carbocycles. The number of halogens is 1. The van der Waals surface area contributed by atoms with E-state index in [1.54, 1.807) is 7.11 Å². The van der Waals surface area contributed by atoms with Crippen LogP contribution in [0.4, 0.5) is 5.69 Å². The van der Waals surface area contributed by atoms with Gasteiger partial charge in [-0.1, -0.05) is 6.92 Å². The van der Waals surface area contributed by atoms with Crippen LogP contribution in [0, 0.1) is 0 Å². The van der Waals surface area contributed by atoms with Crippen molar-refractivity contribution in [3.63, 3.8) is 0 Å². The molecule has 3 nitrogen and oxygen atoms in total. The Morgan fingerprint density at radius 1 is 1.50 bits per heavy atom. The molecule has 0 aliphatic carbocycles. The van der Waals surface area contributed by atoms with Crippen LogP contribution in [0.2, 0.25) is 0 Å². The van der Waals surface area contributed by atoms with E-state index in [0.717, 1.165) is 41.8 Å². The van der Waals surface area contributed by atoms with Crippen molar-refractivity contribution in [1.29, 1.82) is 0 Å². The van der Waals surface area contributed by atoms with Gasteiger partial charge in [0.05, 0.1) is 17.7 Å². The summed E-state index contributed by atoms with van der Waals surface area (Å²) in [6.07, 6.45) is 3.64. The van der Waals surface area contributed by atoms with Crippen molar-refractivity contribution in [2.24, 2.45) is 0 Å². The number of hydrogen-bond acceptors (Lipinski definition) is 3. The predicted octanol–water partition coefficient (Wildman–Crippen LogP) is 3.83. The fourth-order valence-electron chi connectivity index (χ4n) is 2.29. The highest BCUT2D eigenvalue weighted by Gasteiger charge is 2.21. The summed E-state index contributed by atoms with van der Waals surface area (Å²) >= 11 is 3.51. The topological polar surface area (TPSA) is 30.5 Å². The summed E-state index contributed by atoms with van der Waals surface area (Å²) < 4.78 is 11.9. The molecule has 1 heterocycles. The molecular formula is C14H20BrNO2. The Bertz CT molecular complexity index is 397. The van der Waals surface area contributed by atoms with E-state index < -0.39 is 0 Å². The molecule has 4 heteroatoms. The highest BCUT2D eigenvalue weighted by atomic mass is 79.9. The molecule has 1 fully saturated rings. The Morgan fingerprint density at radius 2 is 2.33 bits per heavy atom. The van der Waals surface area contributed by atoms with Crippen LogP contribution in [-0.2, 0) is 4.74 Å². The quantitative estimate of drug-likeness (QED) is 0.916. The number of ether oxygens (including phenoxy) is 2. The summed E-state index contributed by atoms with van der Waals surface area (Å²) in [4.78, 5) is 0. The lowest BCUT2D eigenvalue weighted by molar-refractivity contribution is 0.00925. The maximum Gasteiger partial charge on any atom is 0.133 e. The van der Waals surface area contributed by atoms with E-state index in [1.165, 1.54) is 0 Å². The van der Waals surface area contributed by atoms with Gasteiger partial charge in [0.1, 0.15) is 5.75 Å². The van der Waals surface area contributed by atoms with E-state index >= 15 is 0 Å². The van der Waals surface area contributed by atoms with Crippen molar-refractivity contribution in [2.75, 3.05) is 19.0 Å². The largest absolute Gasteiger partial charge is 0.496 e. The molecule has 0 saturated carbocycles. The van der Waals surface area contributed by atoms with Crippen molar-refractivity contribution in [3.8, 4) is 5.75 Å². The number of rotatable bonds is 4. The minimum atomic E-state index is 0.401. The molecule has 1 aliphatic heterocycles. The third-order valence-corrected chi connectivity index (χ3v) is 3.96. The zero-order valence-electron chi connectivity index (χ0n) is 10.9. The van der Waals surface area contributed by atoms with Crippen molar-refractivity contribution in [2.45, 2.75) is 38.3 Å². The maximum absolute atomic E-state index is 5.69. The Labute approximate surface area is 117 Å². The molecule has 0 spiro atoms. The molecule has 1 saturated heterocycles. The van der Waals surface area contributed by atoms with Gasteiger partial charge in [-0.05, 0) is 53.4 Å². The third-order valence-electron chi connectivity index (χ3n) is 3.35. The van der Waals surface area contributed by atoms with Crippen LogP contribution in [0.3, 0.4) is 0 Å². The second kappa shape index (κ2) is 6.43. The first-order chi connectivity index (χ1) is 8.72. The van der Waals surface area contributed by atoms with E-state index in [9.17, 15) is 0 Å². The lowest BCUT2D eigenvalue weighted by Crippen LogP contribution is -2.33. The van der Waals surface area contributed by atoms with Crippen LogP contribution in [0.15, 0.2) is 22.7 Å². The van der Waals surface area contributed by atoms with Crippen LogP contribution < -0.4 is 10.1 Å². The van der Waals surface area contributed by atoms with Gasteiger partial charge < -0.3 is 14.8 Å². The highest BCUT2D eigenvalue weighted by molar-refractivity contribution is 9.10. The van der Waals surface area contributed by atoms with Gasteiger partial charge in [-0.25, -0.2) is 0 Å². The normalized spacial score (nSPS) is 23.7. The van der Waals surface area contributed by atoms with Gasteiger partial charge in [0.15, 0.2) is 0 Å². The van der Waals surface area contributed by atoms with Crippen LogP contribution >= 0.6 is 15.9 Å². The lowest BCUT2D eigenvalue weighted by Gasteiger charge is -2.30. The fourth-order valence-corrected chi connectivity index (χ4v) is 2.83. The van der Waals surface area contributed by atoms with Gasteiger partial charge in [-0.2, -0.15) is 0 Å². The molecule has 0 radical (unpaired) electrons.